The monoisotopic (exact) mass is 512 g/mol. The molecule has 0 aromatic heterocycles. The standard InChI is InChI=1S/C30H32N4O4/c1-2-38-28-16-23(8-12-27(28)32-19-35)30(37)34(26-10-11-26)18-20-3-5-21(6-4-20)29(36)33-25-9-7-24-17-31-14-13-22(24)15-25/h3-9,12,15-16,19,26,31H,2,10-11,13-14,17-18H2,1H3,(H,32,35)(H,33,36). The van der Waals surface area contributed by atoms with Crippen LogP contribution in [-0.4, -0.2) is 42.3 Å². The van der Waals surface area contributed by atoms with Gasteiger partial charge in [-0.05, 0) is 91.9 Å². The van der Waals surface area contributed by atoms with Crippen LogP contribution in [0.2, 0.25) is 0 Å². The molecule has 1 saturated carbocycles. The molecule has 0 spiro atoms. The summed E-state index contributed by atoms with van der Waals surface area (Å²) in [5.74, 6) is 0.218. The maximum Gasteiger partial charge on any atom is 0.255 e. The van der Waals surface area contributed by atoms with Crippen LogP contribution < -0.4 is 20.7 Å². The first-order chi connectivity index (χ1) is 18.6. The van der Waals surface area contributed by atoms with E-state index in [0.717, 1.165) is 43.6 Å². The van der Waals surface area contributed by atoms with Gasteiger partial charge in [0.1, 0.15) is 5.75 Å². The first-order valence-corrected chi connectivity index (χ1v) is 13.1. The molecule has 1 aliphatic carbocycles. The molecule has 0 saturated heterocycles. The summed E-state index contributed by atoms with van der Waals surface area (Å²) >= 11 is 0. The SMILES string of the molecule is CCOc1cc(C(=O)N(Cc2ccc(C(=O)Nc3ccc4c(c3)CCNC4)cc2)C2CC2)ccc1NC=O. The van der Waals surface area contributed by atoms with Gasteiger partial charge in [0.15, 0.2) is 0 Å². The average Bonchev–Trinajstić information content (AvgIpc) is 3.78. The lowest BCUT2D eigenvalue weighted by atomic mass is 10.0. The van der Waals surface area contributed by atoms with Gasteiger partial charge in [0, 0.05) is 35.9 Å². The van der Waals surface area contributed by atoms with E-state index < -0.39 is 0 Å². The predicted molar refractivity (Wildman–Crippen MR) is 146 cm³/mol. The minimum atomic E-state index is -0.159. The van der Waals surface area contributed by atoms with Crippen LogP contribution >= 0.6 is 0 Å². The molecule has 1 fully saturated rings. The highest BCUT2D eigenvalue weighted by Crippen LogP contribution is 2.32. The first-order valence-electron chi connectivity index (χ1n) is 13.1. The molecule has 8 nitrogen and oxygen atoms in total. The molecule has 0 bridgehead atoms. The second-order valence-electron chi connectivity index (χ2n) is 9.63. The van der Waals surface area contributed by atoms with Crippen LogP contribution in [0, 0.1) is 0 Å². The normalized spacial score (nSPS) is 14.2. The summed E-state index contributed by atoms with van der Waals surface area (Å²) in [4.78, 5) is 39.1. The molecule has 196 valence electrons. The van der Waals surface area contributed by atoms with Crippen molar-refractivity contribution in [3.05, 3.63) is 88.5 Å². The second-order valence-corrected chi connectivity index (χ2v) is 9.63. The van der Waals surface area contributed by atoms with Gasteiger partial charge in [-0.25, -0.2) is 0 Å². The van der Waals surface area contributed by atoms with Crippen molar-refractivity contribution in [3.8, 4) is 5.75 Å². The number of carbonyl (C=O) groups is 3. The summed E-state index contributed by atoms with van der Waals surface area (Å²) in [5, 5.41) is 8.97. The summed E-state index contributed by atoms with van der Waals surface area (Å²) in [6.45, 7) is 4.53. The summed E-state index contributed by atoms with van der Waals surface area (Å²) < 4.78 is 5.63. The Morgan fingerprint density at radius 2 is 1.82 bits per heavy atom. The van der Waals surface area contributed by atoms with E-state index >= 15 is 0 Å². The zero-order chi connectivity index (χ0) is 26.5. The van der Waals surface area contributed by atoms with Gasteiger partial charge in [-0.1, -0.05) is 18.2 Å². The van der Waals surface area contributed by atoms with Gasteiger partial charge in [-0.2, -0.15) is 0 Å². The van der Waals surface area contributed by atoms with E-state index in [9.17, 15) is 14.4 Å². The van der Waals surface area contributed by atoms with Crippen LogP contribution in [0.3, 0.4) is 0 Å². The molecular formula is C30H32N4O4. The van der Waals surface area contributed by atoms with E-state index in [2.05, 4.69) is 28.1 Å². The summed E-state index contributed by atoms with van der Waals surface area (Å²) in [5.41, 5.74) is 5.89. The van der Waals surface area contributed by atoms with Crippen LogP contribution in [0.25, 0.3) is 0 Å². The number of ether oxygens (including phenoxy) is 1. The molecule has 3 amide bonds. The fourth-order valence-electron chi connectivity index (χ4n) is 4.75. The third-order valence-corrected chi connectivity index (χ3v) is 6.91. The fraction of sp³-hybridized carbons (Fsp3) is 0.300. The van der Waals surface area contributed by atoms with Crippen LogP contribution in [0.1, 0.15) is 57.2 Å². The van der Waals surface area contributed by atoms with E-state index in [1.807, 2.05) is 30.0 Å². The Kier molecular flexibility index (Phi) is 7.70. The number of nitrogens with one attached hydrogen (secondary N) is 3. The highest BCUT2D eigenvalue weighted by Gasteiger charge is 2.33. The van der Waals surface area contributed by atoms with Gasteiger partial charge >= 0.3 is 0 Å². The number of carbonyl (C=O) groups excluding carboxylic acids is 3. The zero-order valence-corrected chi connectivity index (χ0v) is 21.5. The lowest BCUT2D eigenvalue weighted by Crippen LogP contribution is -2.32. The molecule has 3 N–H and O–H groups in total. The van der Waals surface area contributed by atoms with Gasteiger partial charge in [-0.15, -0.1) is 0 Å². The van der Waals surface area contributed by atoms with Crippen LogP contribution in [-0.2, 0) is 24.3 Å². The molecule has 3 aromatic rings. The number of hydrogen-bond donors (Lipinski definition) is 3. The van der Waals surface area contributed by atoms with Crippen LogP contribution in [0.5, 0.6) is 5.75 Å². The molecular weight excluding hydrogens is 480 g/mol. The minimum absolute atomic E-state index is 0.0875. The van der Waals surface area contributed by atoms with Crippen molar-refractivity contribution in [2.24, 2.45) is 0 Å². The molecule has 3 aromatic carbocycles. The lowest BCUT2D eigenvalue weighted by molar-refractivity contribution is -0.105. The van der Waals surface area contributed by atoms with Gasteiger partial charge < -0.3 is 25.6 Å². The molecule has 0 atom stereocenters. The number of rotatable bonds is 10. The van der Waals surface area contributed by atoms with Crippen LogP contribution in [0.4, 0.5) is 11.4 Å². The smallest absolute Gasteiger partial charge is 0.255 e. The Hall–Kier alpha value is -4.17. The van der Waals surface area contributed by atoms with Gasteiger partial charge in [0.25, 0.3) is 11.8 Å². The third-order valence-electron chi connectivity index (χ3n) is 6.91. The van der Waals surface area contributed by atoms with Gasteiger partial charge in [-0.3, -0.25) is 14.4 Å². The quantitative estimate of drug-likeness (QED) is 0.351. The van der Waals surface area contributed by atoms with Crippen molar-refractivity contribution < 1.29 is 19.1 Å². The number of anilines is 2. The van der Waals surface area contributed by atoms with Crippen molar-refractivity contribution in [2.75, 3.05) is 23.8 Å². The highest BCUT2D eigenvalue weighted by atomic mass is 16.5. The zero-order valence-electron chi connectivity index (χ0n) is 21.5. The van der Waals surface area contributed by atoms with Crippen molar-refractivity contribution in [1.29, 1.82) is 0 Å². The number of nitrogens with zero attached hydrogens (tertiary/aromatic N) is 1. The van der Waals surface area contributed by atoms with Crippen molar-refractivity contribution in [1.82, 2.24) is 10.2 Å². The number of amides is 3. The Balaban J connectivity index is 1.26. The molecule has 1 aliphatic heterocycles. The maximum absolute atomic E-state index is 13.4. The molecule has 2 aliphatic rings. The van der Waals surface area contributed by atoms with E-state index in [1.165, 1.54) is 11.1 Å². The van der Waals surface area contributed by atoms with E-state index in [0.29, 0.717) is 42.1 Å². The average molecular weight is 513 g/mol. The molecule has 0 radical (unpaired) electrons. The summed E-state index contributed by atoms with van der Waals surface area (Å²) in [6, 6.07) is 18.7. The number of fused-ring (bicyclic) bond motifs is 1. The van der Waals surface area contributed by atoms with Crippen LogP contribution in [0.15, 0.2) is 60.7 Å². The predicted octanol–water partition coefficient (Wildman–Crippen LogP) is 4.36. The van der Waals surface area contributed by atoms with Gasteiger partial charge in [0.2, 0.25) is 6.41 Å². The number of benzene rings is 3. The number of hydrogen-bond acceptors (Lipinski definition) is 5. The Bertz CT molecular complexity index is 1330. The minimum Gasteiger partial charge on any atom is -0.492 e. The highest BCUT2D eigenvalue weighted by molar-refractivity contribution is 6.04. The maximum atomic E-state index is 13.4. The summed E-state index contributed by atoms with van der Waals surface area (Å²) in [6.07, 6.45) is 3.47. The largest absolute Gasteiger partial charge is 0.492 e. The molecule has 0 unspecified atom stereocenters. The van der Waals surface area contributed by atoms with Gasteiger partial charge in [0.05, 0.1) is 12.3 Å². The van der Waals surface area contributed by atoms with Crippen molar-refractivity contribution in [3.63, 3.8) is 0 Å². The molecule has 8 heteroatoms. The molecule has 5 rings (SSSR count). The summed E-state index contributed by atoms with van der Waals surface area (Å²) in [7, 11) is 0. The first kappa shape index (κ1) is 25.5. The lowest BCUT2D eigenvalue weighted by Gasteiger charge is -2.23. The fourth-order valence-corrected chi connectivity index (χ4v) is 4.75. The van der Waals surface area contributed by atoms with E-state index in [4.69, 9.17) is 4.74 Å². The second kappa shape index (κ2) is 11.5. The molecule has 38 heavy (non-hydrogen) atoms. The van der Waals surface area contributed by atoms with Crippen molar-refractivity contribution in [2.45, 2.75) is 45.3 Å². The Labute approximate surface area is 222 Å². The molecule has 1 heterocycles. The third kappa shape index (κ3) is 5.86. The Morgan fingerprint density at radius 3 is 2.55 bits per heavy atom. The topological polar surface area (TPSA) is 99.8 Å². The van der Waals surface area contributed by atoms with Crippen molar-refractivity contribution >= 4 is 29.6 Å². The van der Waals surface area contributed by atoms with E-state index in [-0.39, 0.29) is 17.9 Å². The van der Waals surface area contributed by atoms with E-state index in [1.54, 1.807) is 30.3 Å². The Morgan fingerprint density at radius 1 is 1.03 bits per heavy atom.